The van der Waals surface area contributed by atoms with Gasteiger partial charge in [-0.15, -0.1) is 0 Å². The minimum Gasteiger partial charge on any atom is -0.454 e. The Balaban J connectivity index is 2.62. The summed E-state index contributed by atoms with van der Waals surface area (Å²) in [6.45, 7) is 5.54. The highest BCUT2D eigenvalue weighted by Crippen LogP contribution is 2.26. The zero-order valence-corrected chi connectivity index (χ0v) is 48.5. The van der Waals surface area contributed by atoms with Crippen molar-refractivity contribution in [1.29, 1.82) is 0 Å². The standard InChI is InChI=1S/C66H111NO10/c1-4-7-10-13-16-19-22-24-25-26-27-28-29-30-31-32-33-34-35-36-39-42-45-48-51-54-61(71)77-64-63(73)62(72)60(55-68)76-66(64)75-56-57(58(69)52-49-46-43-40-37-21-18-15-12-9-6-3)67-65(74)59(70)53-50-47-44-41-38-23-20-17-14-11-8-5-2/h8,11,14,16-17,19-20,23-25,27-28,38,41,44,47,49,52,57-60,62-64,66,68-70,72-73H,4-7,9-10,12-13,15,18,21-22,26,29-37,39-40,42-43,45-46,48,50-51,53-56H2,1-3H3,(H,67,74)/b11-8+,17-14+,19-16-,23-20-,25-24-,28-27-,41-38-,47-44+,52-49+. The molecular formula is C66H111NO10. The number of esters is 1. The van der Waals surface area contributed by atoms with Gasteiger partial charge in [-0.05, 0) is 77.0 Å². The van der Waals surface area contributed by atoms with Crippen LogP contribution in [0, 0.1) is 0 Å². The summed E-state index contributed by atoms with van der Waals surface area (Å²) in [6, 6.07) is -1.07. The van der Waals surface area contributed by atoms with Crippen molar-refractivity contribution in [2.24, 2.45) is 0 Å². The summed E-state index contributed by atoms with van der Waals surface area (Å²) in [7, 11) is 0. The zero-order valence-electron chi connectivity index (χ0n) is 48.5. The van der Waals surface area contributed by atoms with Gasteiger partial charge in [-0.25, -0.2) is 0 Å². The van der Waals surface area contributed by atoms with Gasteiger partial charge in [0.2, 0.25) is 5.91 Å². The molecule has 1 amide bonds. The van der Waals surface area contributed by atoms with Crippen LogP contribution in [0.1, 0.15) is 233 Å². The maximum absolute atomic E-state index is 13.3. The van der Waals surface area contributed by atoms with Crippen LogP contribution in [0.2, 0.25) is 0 Å². The molecule has 0 radical (unpaired) electrons. The van der Waals surface area contributed by atoms with E-state index in [-0.39, 0.29) is 19.4 Å². The first-order valence-corrected chi connectivity index (χ1v) is 30.7. The Hall–Kier alpha value is -3.68. The van der Waals surface area contributed by atoms with E-state index in [0.717, 1.165) is 70.6 Å². The lowest BCUT2D eigenvalue weighted by Crippen LogP contribution is -2.61. The molecule has 440 valence electrons. The minimum atomic E-state index is -1.63. The summed E-state index contributed by atoms with van der Waals surface area (Å²) < 4.78 is 17.6. The summed E-state index contributed by atoms with van der Waals surface area (Å²) in [5.41, 5.74) is 0. The molecule has 77 heavy (non-hydrogen) atoms. The summed E-state index contributed by atoms with van der Waals surface area (Å²) in [6.07, 6.45) is 61.6. The predicted molar refractivity (Wildman–Crippen MR) is 319 cm³/mol. The summed E-state index contributed by atoms with van der Waals surface area (Å²) in [5.74, 6) is -1.28. The monoisotopic (exact) mass is 1080 g/mol. The fourth-order valence-corrected chi connectivity index (χ4v) is 8.92. The van der Waals surface area contributed by atoms with E-state index >= 15 is 0 Å². The van der Waals surface area contributed by atoms with Crippen molar-refractivity contribution in [3.63, 3.8) is 0 Å². The van der Waals surface area contributed by atoms with E-state index in [1.54, 1.807) is 6.08 Å². The number of aliphatic hydroxyl groups is 5. The molecule has 0 aromatic carbocycles. The molecule has 1 fully saturated rings. The van der Waals surface area contributed by atoms with E-state index in [2.05, 4.69) is 68.6 Å². The Labute approximate surface area is 468 Å². The number of hydrogen-bond acceptors (Lipinski definition) is 10. The van der Waals surface area contributed by atoms with E-state index < -0.39 is 67.4 Å². The second kappa shape index (κ2) is 53.0. The Morgan fingerprint density at radius 1 is 0.532 bits per heavy atom. The number of unbranched alkanes of at least 4 members (excludes halogenated alkanes) is 24. The SMILES string of the molecule is CC/C=C/C=C/C=C\C=C/C=C/CCC(O)C(=O)NC(COC1OC(CO)C(O)C(O)C1OC(=O)CCCCCCCCCCCCCC/C=C\C/C=C\C/C=C\CCCCC)C(O)/C=C/CCCCCCCCCCC. The lowest BCUT2D eigenvalue weighted by atomic mass is 9.99. The Morgan fingerprint density at radius 2 is 0.987 bits per heavy atom. The lowest BCUT2D eigenvalue weighted by Gasteiger charge is -2.41. The van der Waals surface area contributed by atoms with Crippen LogP contribution in [0.15, 0.2) is 109 Å². The fourth-order valence-electron chi connectivity index (χ4n) is 8.92. The van der Waals surface area contributed by atoms with Crippen LogP contribution < -0.4 is 5.32 Å². The highest BCUT2D eigenvalue weighted by molar-refractivity contribution is 5.80. The molecule has 1 saturated heterocycles. The molecule has 0 aromatic rings. The molecule has 8 atom stereocenters. The van der Waals surface area contributed by atoms with Crippen molar-refractivity contribution in [2.45, 2.75) is 282 Å². The van der Waals surface area contributed by atoms with E-state index in [1.165, 1.54) is 116 Å². The number of carbonyl (C=O) groups excluding carboxylic acids is 2. The molecule has 0 aliphatic carbocycles. The van der Waals surface area contributed by atoms with Crippen molar-refractivity contribution in [3.8, 4) is 0 Å². The van der Waals surface area contributed by atoms with Crippen LogP contribution in [0.25, 0.3) is 0 Å². The number of allylic oxidation sites excluding steroid dienone is 17. The third-order valence-corrected chi connectivity index (χ3v) is 13.8. The van der Waals surface area contributed by atoms with Crippen LogP contribution in [-0.4, -0.2) is 99.6 Å². The van der Waals surface area contributed by atoms with Gasteiger partial charge >= 0.3 is 5.97 Å². The van der Waals surface area contributed by atoms with Gasteiger partial charge in [0.25, 0.3) is 0 Å². The number of carbonyl (C=O) groups is 2. The van der Waals surface area contributed by atoms with Crippen molar-refractivity contribution < 1.29 is 49.3 Å². The Kier molecular flexibility index (Phi) is 49.1. The van der Waals surface area contributed by atoms with Crippen molar-refractivity contribution in [2.75, 3.05) is 13.2 Å². The second-order valence-corrected chi connectivity index (χ2v) is 20.8. The van der Waals surface area contributed by atoms with E-state index in [1.807, 2.05) is 60.8 Å². The first-order valence-electron chi connectivity index (χ1n) is 30.7. The van der Waals surface area contributed by atoms with Gasteiger partial charge in [-0.3, -0.25) is 9.59 Å². The van der Waals surface area contributed by atoms with E-state index in [4.69, 9.17) is 14.2 Å². The van der Waals surface area contributed by atoms with Gasteiger partial charge < -0.3 is 45.1 Å². The van der Waals surface area contributed by atoms with Gasteiger partial charge in [0.15, 0.2) is 12.4 Å². The molecular weight excluding hydrogens is 967 g/mol. The normalized spacial score (nSPS) is 19.8. The molecule has 6 N–H and O–H groups in total. The molecule has 11 heteroatoms. The number of hydrogen-bond donors (Lipinski definition) is 6. The zero-order chi connectivity index (χ0) is 56.1. The molecule has 0 saturated carbocycles. The van der Waals surface area contributed by atoms with Gasteiger partial charge in [0.1, 0.15) is 24.4 Å². The number of aliphatic hydroxyl groups excluding tert-OH is 5. The minimum absolute atomic E-state index is 0.107. The number of nitrogens with one attached hydrogen (secondary N) is 1. The second-order valence-electron chi connectivity index (χ2n) is 20.8. The van der Waals surface area contributed by atoms with Gasteiger partial charge in [0.05, 0.1) is 25.4 Å². The molecule has 0 aromatic heterocycles. The molecule has 1 heterocycles. The largest absolute Gasteiger partial charge is 0.454 e. The van der Waals surface area contributed by atoms with Gasteiger partial charge in [-0.1, -0.05) is 259 Å². The van der Waals surface area contributed by atoms with Crippen LogP contribution in [0.3, 0.4) is 0 Å². The Morgan fingerprint density at radius 3 is 1.52 bits per heavy atom. The van der Waals surface area contributed by atoms with Crippen molar-refractivity contribution >= 4 is 11.9 Å². The highest BCUT2D eigenvalue weighted by Gasteiger charge is 2.47. The quantitative estimate of drug-likeness (QED) is 0.0149. The first kappa shape index (κ1) is 71.3. The molecule has 0 bridgehead atoms. The van der Waals surface area contributed by atoms with E-state index in [9.17, 15) is 35.1 Å². The molecule has 0 spiro atoms. The Bertz CT molecular complexity index is 1660. The smallest absolute Gasteiger partial charge is 0.306 e. The fraction of sp³-hybridized carbons (Fsp3) is 0.697. The average molecular weight is 1080 g/mol. The van der Waals surface area contributed by atoms with Crippen LogP contribution in [0.4, 0.5) is 0 Å². The van der Waals surface area contributed by atoms with Gasteiger partial charge in [0, 0.05) is 6.42 Å². The molecule has 11 nitrogen and oxygen atoms in total. The lowest BCUT2D eigenvalue weighted by molar-refractivity contribution is -0.305. The third kappa shape index (κ3) is 41.1. The van der Waals surface area contributed by atoms with Crippen LogP contribution >= 0.6 is 0 Å². The molecule has 1 aliphatic rings. The van der Waals surface area contributed by atoms with Crippen LogP contribution in [0.5, 0.6) is 0 Å². The summed E-state index contributed by atoms with van der Waals surface area (Å²) in [4.78, 5) is 26.5. The molecule has 1 rings (SSSR count). The topological polar surface area (TPSA) is 175 Å². The average Bonchev–Trinajstić information content (AvgIpc) is 3.43. The first-order chi connectivity index (χ1) is 37.7. The van der Waals surface area contributed by atoms with E-state index in [0.29, 0.717) is 12.8 Å². The predicted octanol–water partition coefficient (Wildman–Crippen LogP) is 14.5. The number of rotatable bonds is 50. The third-order valence-electron chi connectivity index (χ3n) is 13.8. The molecule has 8 unspecified atom stereocenters. The summed E-state index contributed by atoms with van der Waals surface area (Å²) in [5, 5.41) is 56.7. The molecule has 1 aliphatic heterocycles. The number of amides is 1. The van der Waals surface area contributed by atoms with Crippen LogP contribution in [-0.2, 0) is 23.8 Å². The van der Waals surface area contributed by atoms with Crippen molar-refractivity contribution in [1.82, 2.24) is 5.32 Å². The van der Waals surface area contributed by atoms with Gasteiger partial charge in [-0.2, -0.15) is 0 Å². The number of ether oxygens (including phenoxy) is 3. The maximum atomic E-state index is 13.3. The van der Waals surface area contributed by atoms with Crippen molar-refractivity contribution in [3.05, 3.63) is 109 Å². The summed E-state index contributed by atoms with van der Waals surface area (Å²) >= 11 is 0. The highest BCUT2D eigenvalue weighted by atomic mass is 16.7. The maximum Gasteiger partial charge on any atom is 0.306 e.